The lowest BCUT2D eigenvalue weighted by atomic mass is 10.2. The van der Waals surface area contributed by atoms with Gasteiger partial charge in [0.2, 0.25) is 0 Å². The van der Waals surface area contributed by atoms with Crippen LogP contribution in [-0.4, -0.2) is 41.5 Å². The second-order valence-electron chi connectivity index (χ2n) is 4.64. The molecule has 106 valence electrons. The Morgan fingerprint density at radius 1 is 1.50 bits per heavy atom. The van der Waals surface area contributed by atoms with Gasteiger partial charge in [0.05, 0.1) is 24.1 Å². The first kappa shape index (κ1) is 14.1. The molecule has 2 N–H and O–H groups in total. The van der Waals surface area contributed by atoms with Crippen molar-refractivity contribution in [1.29, 1.82) is 0 Å². The number of aromatic nitrogens is 1. The normalized spacial score (nSPS) is 12.3. The second kappa shape index (κ2) is 6.21. The van der Waals surface area contributed by atoms with E-state index in [1.165, 1.54) is 18.5 Å². The summed E-state index contributed by atoms with van der Waals surface area (Å²) in [6.45, 7) is 0.398. The van der Waals surface area contributed by atoms with Gasteiger partial charge in [-0.25, -0.2) is 0 Å². The van der Waals surface area contributed by atoms with Crippen molar-refractivity contribution < 1.29 is 14.3 Å². The standard InChI is InChI=1S/C14H17N3O3/c1-17(2)12(13-4-3-5-20-13)9-16-14(19)10-6-11(18)8-15-7-10/h3-8,12,18H,9H2,1-2H3,(H,16,19). The first-order valence-corrected chi connectivity index (χ1v) is 6.20. The number of amides is 1. The first-order valence-electron chi connectivity index (χ1n) is 6.20. The Kier molecular flexibility index (Phi) is 4.37. The molecule has 1 atom stereocenters. The minimum Gasteiger partial charge on any atom is -0.506 e. The van der Waals surface area contributed by atoms with Gasteiger partial charge in [-0.3, -0.25) is 14.7 Å². The number of hydrogen-bond donors (Lipinski definition) is 2. The van der Waals surface area contributed by atoms with E-state index >= 15 is 0 Å². The van der Waals surface area contributed by atoms with Crippen molar-refractivity contribution in [3.05, 3.63) is 48.2 Å². The predicted octanol–water partition coefficient (Wildman–Crippen LogP) is 1.41. The molecule has 0 spiro atoms. The number of rotatable bonds is 5. The molecule has 6 nitrogen and oxygen atoms in total. The molecule has 2 aromatic rings. The highest BCUT2D eigenvalue weighted by atomic mass is 16.3. The van der Waals surface area contributed by atoms with E-state index in [0.29, 0.717) is 12.1 Å². The maximum atomic E-state index is 12.0. The Balaban J connectivity index is 2.01. The summed E-state index contributed by atoms with van der Waals surface area (Å²) in [4.78, 5) is 17.7. The fourth-order valence-corrected chi connectivity index (χ4v) is 1.86. The molecule has 2 rings (SSSR count). The number of nitrogens with one attached hydrogen (secondary N) is 1. The van der Waals surface area contributed by atoms with Crippen LogP contribution in [0, 0.1) is 0 Å². The van der Waals surface area contributed by atoms with E-state index in [4.69, 9.17) is 4.42 Å². The van der Waals surface area contributed by atoms with Gasteiger partial charge in [-0.1, -0.05) is 0 Å². The van der Waals surface area contributed by atoms with Gasteiger partial charge in [-0.15, -0.1) is 0 Å². The number of furan rings is 1. The van der Waals surface area contributed by atoms with Gasteiger partial charge in [0.25, 0.3) is 5.91 Å². The number of likely N-dealkylation sites (N-methyl/N-ethyl adjacent to an activating group) is 1. The van der Waals surface area contributed by atoms with E-state index in [-0.39, 0.29) is 17.7 Å². The lowest BCUT2D eigenvalue weighted by molar-refractivity contribution is 0.0938. The van der Waals surface area contributed by atoms with Gasteiger partial charge >= 0.3 is 0 Å². The van der Waals surface area contributed by atoms with Crippen LogP contribution in [0.2, 0.25) is 0 Å². The quantitative estimate of drug-likeness (QED) is 0.862. The lowest BCUT2D eigenvalue weighted by Gasteiger charge is -2.22. The number of pyridine rings is 1. The van der Waals surface area contributed by atoms with Gasteiger partial charge in [0.1, 0.15) is 11.5 Å². The molecular weight excluding hydrogens is 258 g/mol. The zero-order valence-electron chi connectivity index (χ0n) is 11.4. The maximum Gasteiger partial charge on any atom is 0.253 e. The molecular formula is C14H17N3O3. The Morgan fingerprint density at radius 3 is 2.90 bits per heavy atom. The minimum atomic E-state index is -0.285. The Labute approximate surface area is 117 Å². The van der Waals surface area contributed by atoms with E-state index < -0.39 is 0 Å². The molecule has 0 aliphatic carbocycles. The van der Waals surface area contributed by atoms with Crippen LogP contribution in [0.1, 0.15) is 22.2 Å². The van der Waals surface area contributed by atoms with Crippen LogP contribution in [0.25, 0.3) is 0 Å². The number of nitrogens with zero attached hydrogens (tertiary/aromatic N) is 2. The predicted molar refractivity (Wildman–Crippen MR) is 73.4 cm³/mol. The highest BCUT2D eigenvalue weighted by Crippen LogP contribution is 2.17. The summed E-state index contributed by atoms with van der Waals surface area (Å²) in [5.74, 6) is 0.462. The molecule has 2 aromatic heterocycles. The Morgan fingerprint density at radius 2 is 2.30 bits per heavy atom. The molecule has 0 radical (unpaired) electrons. The summed E-state index contributed by atoms with van der Waals surface area (Å²) in [6.07, 6.45) is 4.29. The van der Waals surface area contributed by atoms with Gasteiger partial charge in [-0.2, -0.15) is 0 Å². The van der Waals surface area contributed by atoms with Crippen LogP contribution >= 0.6 is 0 Å². The summed E-state index contributed by atoms with van der Waals surface area (Å²) in [5, 5.41) is 12.1. The molecule has 0 aliphatic rings. The molecule has 1 unspecified atom stereocenters. The average Bonchev–Trinajstić information content (AvgIpc) is 2.92. The Bertz CT molecular complexity index is 567. The van der Waals surface area contributed by atoms with E-state index in [0.717, 1.165) is 5.76 Å². The topological polar surface area (TPSA) is 78.6 Å². The number of carbonyl (C=O) groups excluding carboxylic acids is 1. The highest BCUT2D eigenvalue weighted by molar-refractivity contribution is 5.94. The molecule has 0 saturated carbocycles. The fourth-order valence-electron chi connectivity index (χ4n) is 1.86. The first-order chi connectivity index (χ1) is 9.58. The van der Waals surface area contributed by atoms with Gasteiger partial charge in [-0.05, 0) is 32.3 Å². The SMILES string of the molecule is CN(C)C(CNC(=O)c1cncc(O)c1)c1ccco1. The lowest BCUT2D eigenvalue weighted by Crippen LogP contribution is -2.34. The third-order valence-electron chi connectivity index (χ3n) is 2.94. The van der Waals surface area contributed by atoms with Crippen molar-refractivity contribution in [3.63, 3.8) is 0 Å². The smallest absolute Gasteiger partial charge is 0.253 e. The van der Waals surface area contributed by atoms with Crippen molar-refractivity contribution in [2.24, 2.45) is 0 Å². The summed E-state index contributed by atoms with van der Waals surface area (Å²) in [5.41, 5.74) is 0.321. The summed E-state index contributed by atoms with van der Waals surface area (Å²) < 4.78 is 5.37. The maximum absolute atomic E-state index is 12.0. The van der Waals surface area contributed by atoms with Crippen molar-refractivity contribution in [2.45, 2.75) is 6.04 Å². The summed E-state index contributed by atoms with van der Waals surface area (Å²) in [7, 11) is 3.82. The van der Waals surface area contributed by atoms with E-state index in [2.05, 4.69) is 10.3 Å². The van der Waals surface area contributed by atoms with E-state index in [1.807, 2.05) is 31.1 Å². The Hall–Kier alpha value is -2.34. The van der Waals surface area contributed by atoms with Crippen LogP contribution in [0.15, 0.2) is 41.3 Å². The van der Waals surface area contributed by atoms with Crippen LogP contribution < -0.4 is 5.32 Å². The molecule has 0 saturated heterocycles. The van der Waals surface area contributed by atoms with Gasteiger partial charge in [0, 0.05) is 12.7 Å². The number of aromatic hydroxyl groups is 1. The average molecular weight is 275 g/mol. The van der Waals surface area contributed by atoms with E-state index in [1.54, 1.807) is 6.26 Å². The van der Waals surface area contributed by atoms with Crippen LogP contribution in [0.4, 0.5) is 0 Å². The highest BCUT2D eigenvalue weighted by Gasteiger charge is 2.18. The molecule has 20 heavy (non-hydrogen) atoms. The van der Waals surface area contributed by atoms with E-state index in [9.17, 15) is 9.90 Å². The molecule has 0 aromatic carbocycles. The molecule has 0 aliphatic heterocycles. The minimum absolute atomic E-state index is 0.0344. The fraction of sp³-hybridized carbons (Fsp3) is 0.286. The van der Waals surface area contributed by atoms with Gasteiger partial charge in [0.15, 0.2) is 0 Å². The molecule has 2 heterocycles. The number of carbonyl (C=O) groups is 1. The zero-order valence-corrected chi connectivity index (χ0v) is 11.4. The van der Waals surface area contributed by atoms with Crippen LogP contribution in [0.3, 0.4) is 0 Å². The molecule has 6 heteroatoms. The van der Waals surface area contributed by atoms with Crippen molar-refractivity contribution >= 4 is 5.91 Å². The summed E-state index contributed by atoms with van der Waals surface area (Å²) >= 11 is 0. The number of hydrogen-bond acceptors (Lipinski definition) is 5. The van der Waals surface area contributed by atoms with Crippen molar-refractivity contribution in [1.82, 2.24) is 15.2 Å². The largest absolute Gasteiger partial charge is 0.506 e. The van der Waals surface area contributed by atoms with Crippen LogP contribution in [0.5, 0.6) is 5.75 Å². The third-order valence-corrected chi connectivity index (χ3v) is 2.94. The van der Waals surface area contributed by atoms with Crippen molar-refractivity contribution in [2.75, 3.05) is 20.6 Å². The molecule has 1 amide bonds. The molecule has 0 bridgehead atoms. The zero-order chi connectivity index (χ0) is 14.5. The molecule has 0 fully saturated rings. The third kappa shape index (κ3) is 3.36. The van der Waals surface area contributed by atoms with Crippen molar-refractivity contribution in [3.8, 4) is 5.75 Å². The summed E-state index contributed by atoms with van der Waals surface area (Å²) in [6, 6.07) is 5.00. The van der Waals surface area contributed by atoms with Crippen LogP contribution in [-0.2, 0) is 0 Å². The monoisotopic (exact) mass is 275 g/mol. The second-order valence-corrected chi connectivity index (χ2v) is 4.64. The van der Waals surface area contributed by atoms with Gasteiger partial charge < -0.3 is 14.8 Å².